The number of carbonyl (C=O) groups excluding carboxylic acids is 2. The topological polar surface area (TPSA) is 94.4 Å². The first-order valence-electron chi connectivity index (χ1n) is 10.5. The van der Waals surface area contributed by atoms with Gasteiger partial charge in [0.15, 0.2) is 0 Å². The number of aliphatic hydroxyl groups is 1. The van der Waals surface area contributed by atoms with Crippen molar-refractivity contribution in [2.75, 3.05) is 17.7 Å². The molecule has 3 heterocycles. The van der Waals surface area contributed by atoms with Gasteiger partial charge in [0.05, 0.1) is 4.88 Å². The van der Waals surface area contributed by atoms with Crippen molar-refractivity contribution in [1.82, 2.24) is 5.32 Å². The molecule has 4 rings (SSSR count). The number of hydrogen-bond acceptors (Lipinski definition) is 7. The van der Waals surface area contributed by atoms with Crippen LogP contribution in [-0.2, 0) is 9.59 Å². The molecule has 3 aliphatic rings. The van der Waals surface area contributed by atoms with Gasteiger partial charge in [-0.25, -0.2) is 0 Å². The number of carbonyl (C=O) groups is 2. The molecule has 0 aromatic carbocycles. The van der Waals surface area contributed by atoms with Crippen LogP contribution in [0.5, 0.6) is 0 Å². The normalized spacial score (nSPS) is 22.6. The molecule has 1 saturated carbocycles. The van der Waals surface area contributed by atoms with Crippen molar-refractivity contribution in [3.63, 3.8) is 0 Å². The number of fused-ring (bicyclic) bond motifs is 1. The lowest BCUT2D eigenvalue weighted by Crippen LogP contribution is -2.49. The number of rotatable bonds is 2. The van der Waals surface area contributed by atoms with Gasteiger partial charge in [0.1, 0.15) is 22.4 Å². The molecule has 1 aromatic heterocycles. The number of thioether (sulfide) groups is 1. The molecular formula is C22H26N4O3S2. The molecule has 1 aliphatic carbocycles. The number of thiophene rings is 1. The summed E-state index contributed by atoms with van der Waals surface area (Å²) in [7, 11) is 1.73. The molecule has 1 fully saturated rings. The Balaban J connectivity index is 1.51. The van der Waals surface area contributed by atoms with Crippen molar-refractivity contribution in [3.05, 3.63) is 10.4 Å². The summed E-state index contributed by atoms with van der Waals surface area (Å²) in [6.45, 7) is 3.82. The van der Waals surface area contributed by atoms with Gasteiger partial charge in [0.25, 0.3) is 11.8 Å². The Morgan fingerprint density at radius 2 is 2.00 bits per heavy atom. The maximum absolute atomic E-state index is 13.1. The molecule has 1 atom stereocenters. The third-order valence-corrected chi connectivity index (χ3v) is 8.52. The molecule has 0 saturated heterocycles. The van der Waals surface area contributed by atoms with E-state index in [0.29, 0.717) is 30.7 Å². The van der Waals surface area contributed by atoms with Crippen LogP contribution in [0.4, 0.5) is 5.00 Å². The number of hydrogen-bond donors (Lipinski definition) is 2. The van der Waals surface area contributed by atoms with E-state index in [-0.39, 0.29) is 11.8 Å². The molecule has 164 valence electrons. The highest BCUT2D eigenvalue weighted by Gasteiger charge is 2.34. The van der Waals surface area contributed by atoms with Gasteiger partial charge in [-0.05, 0) is 45.1 Å². The Bertz CT molecular complexity index is 1040. The van der Waals surface area contributed by atoms with E-state index >= 15 is 0 Å². The van der Waals surface area contributed by atoms with Crippen LogP contribution in [0.1, 0.15) is 55.9 Å². The van der Waals surface area contributed by atoms with Crippen molar-refractivity contribution in [3.8, 4) is 11.8 Å². The second-order valence-electron chi connectivity index (χ2n) is 8.33. The van der Waals surface area contributed by atoms with Gasteiger partial charge in [0, 0.05) is 29.8 Å². The fourth-order valence-electron chi connectivity index (χ4n) is 3.93. The number of amides is 2. The van der Waals surface area contributed by atoms with E-state index in [1.54, 1.807) is 23.7 Å². The molecule has 1 aromatic rings. The lowest BCUT2D eigenvalue weighted by Gasteiger charge is -2.26. The molecule has 2 amide bonds. The van der Waals surface area contributed by atoms with E-state index in [4.69, 9.17) is 0 Å². The van der Waals surface area contributed by atoms with Gasteiger partial charge in [0.2, 0.25) is 0 Å². The Labute approximate surface area is 190 Å². The SMILES string of the molecule is CC1=NN=C(C(=O)N[C@H]2CSc3c(sc(C#CC4(O)CCCCC4)c3C)N(C)C2=O)C1. The fourth-order valence-corrected chi connectivity index (χ4v) is 6.46. The highest BCUT2D eigenvalue weighted by Crippen LogP contribution is 2.44. The Hall–Kier alpha value is -2.15. The zero-order chi connectivity index (χ0) is 22.2. The van der Waals surface area contributed by atoms with Crippen LogP contribution in [-0.4, -0.2) is 52.8 Å². The Kier molecular flexibility index (Phi) is 6.24. The molecular weight excluding hydrogens is 432 g/mol. The van der Waals surface area contributed by atoms with Crippen molar-refractivity contribution >= 4 is 51.3 Å². The largest absolute Gasteiger partial charge is 0.378 e. The van der Waals surface area contributed by atoms with Gasteiger partial charge in [-0.3, -0.25) is 9.59 Å². The van der Waals surface area contributed by atoms with Crippen LogP contribution < -0.4 is 10.2 Å². The monoisotopic (exact) mass is 458 g/mol. The molecule has 9 heteroatoms. The standard InChI is InChI=1S/C22H26N4O3S2/c1-13-11-15(25-24-13)19(27)23-16-12-30-18-14(2)17(31-21(18)26(3)20(16)28)7-10-22(29)8-5-4-6-9-22/h16,29H,4-6,8-9,11-12H2,1-3H3,(H,23,27)/t16-/m0/s1. The van der Waals surface area contributed by atoms with Crippen LogP contribution in [0.15, 0.2) is 15.1 Å². The zero-order valence-electron chi connectivity index (χ0n) is 17.9. The molecule has 0 spiro atoms. The van der Waals surface area contributed by atoms with Crippen LogP contribution >= 0.6 is 23.1 Å². The minimum absolute atomic E-state index is 0.164. The number of nitrogens with zero attached hydrogens (tertiary/aromatic N) is 3. The predicted octanol–water partition coefficient (Wildman–Crippen LogP) is 2.88. The smallest absolute Gasteiger partial charge is 0.268 e. The van der Waals surface area contributed by atoms with Crippen LogP contribution in [0.25, 0.3) is 0 Å². The zero-order valence-corrected chi connectivity index (χ0v) is 19.6. The third-order valence-electron chi connectivity index (χ3n) is 5.82. The van der Waals surface area contributed by atoms with Gasteiger partial charge in [-0.1, -0.05) is 18.3 Å². The number of nitrogens with one attached hydrogen (secondary N) is 1. The lowest BCUT2D eigenvalue weighted by molar-refractivity contribution is -0.123. The van der Waals surface area contributed by atoms with Crippen molar-refractivity contribution in [2.24, 2.45) is 10.2 Å². The number of anilines is 1. The average Bonchev–Trinajstić information content (AvgIpc) is 3.29. The van der Waals surface area contributed by atoms with E-state index in [1.807, 2.05) is 13.8 Å². The van der Waals surface area contributed by atoms with E-state index < -0.39 is 11.6 Å². The first-order chi connectivity index (χ1) is 14.8. The van der Waals surface area contributed by atoms with E-state index in [2.05, 4.69) is 27.4 Å². The van der Waals surface area contributed by atoms with E-state index in [0.717, 1.165) is 45.3 Å². The summed E-state index contributed by atoms with van der Waals surface area (Å²) in [4.78, 5) is 29.0. The van der Waals surface area contributed by atoms with Crippen LogP contribution in [0.2, 0.25) is 0 Å². The molecule has 0 bridgehead atoms. The second-order valence-corrected chi connectivity index (χ2v) is 10.4. The van der Waals surface area contributed by atoms with Gasteiger partial charge in [-0.2, -0.15) is 5.10 Å². The van der Waals surface area contributed by atoms with Crippen molar-refractivity contribution in [2.45, 2.75) is 68.9 Å². The van der Waals surface area contributed by atoms with Gasteiger partial charge in [-0.15, -0.1) is 28.2 Å². The first-order valence-corrected chi connectivity index (χ1v) is 12.3. The lowest BCUT2D eigenvalue weighted by atomic mass is 9.85. The highest BCUT2D eigenvalue weighted by atomic mass is 32.2. The molecule has 31 heavy (non-hydrogen) atoms. The average molecular weight is 459 g/mol. The van der Waals surface area contributed by atoms with Gasteiger partial charge < -0.3 is 15.3 Å². The van der Waals surface area contributed by atoms with E-state index in [1.165, 1.54) is 11.3 Å². The van der Waals surface area contributed by atoms with Gasteiger partial charge >= 0.3 is 0 Å². The summed E-state index contributed by atoms with van der Waals surface area (Å²) >= 11 is 3.02. The van der Waals surface area contributed by atoms with E-state index in [9.17, 15) is 14.7 Å². The molecule has 2 N–H and O–H groups in total. The highest BCUT2D eigenvalue weighted by molar-refractivity contribution is 7.99. The summed E-state index contributed by atoms with van der Waals surface area (Å²) < 4.78 is 0. The maximum atomic E-state index is 13.1. The number of likely N-dealkylation sites (N-methyl/N-ethyl adjacent to an activating group) is 1. The second kappa shape index (κ2) is 8.77. The molecule has 7 nitrogen and oxygen atoms in total. The quantitative estimate of drug-likeness (QED) is 0.667. The van der Waals surface area contributed by atoms with Crippen LogP contribution in [0, 0.1) is 18.8 Å². The van der Waals surface area contributed by atoms with Crippen molar-refractivity contribution < 1.29 is 14.7 Å². The Morgan fingerprint density at radius 3 is 2.68 bits per heavy atom. The summed E-state index contributed by atoms with van der Waals surface area (Å²) in [6.07, 6.45) is 5.00. The summed E-state index contributed by atoms with van der Waals surface area (Å²) in [5.74, 6) is 6.21. The third kappa shape index (κ3) is 4.56. The molecule has 0 radical (unpaired) electrons. The maximum Gasteiger partial charge on any atom is 0.268 e. The minimum Gasteiger partial charge on any atom is -0.378 e. The summed E-state index contributed by atoms with van der Waals surface area (Å²) in [5, 5.41) is 22.1. The first kappa shape index (κ1) is 22.1. The molecule has 2 aliphatic heterocycles. The van der Waals surface area contributed by atoms with Crippen molar-refractivity contribution in [1.29, 1.82) is 0 Å². The minimum atomic E-state index is -0.901. The summed E-state index contributed by atoms with van der Waals surface area (Å²) in [5.41, 5.74) is 1.24. The fraction of sp³-hybridized carbons (Fsp3) is 0.545. The summed E-state index contributed by atoms with van der Waals surface area (Å²) in [6, 6.07) is -0.636. The van der Waals surface area contributed by atoms with Crippen LogP contribution in [0.3, 0.4) is 0 Å². The Morgan fingerprint density at radius 1 is 1.26 bits per heavy atom. The molecule has 0 unspecified atom stereocenters. The predicted molar refractivity (Wildman–Crippen MR) is 125 cm³/mol.